The summed E-state index contributed by atoms with van der Waals surface area (Å²) in [4.78, 5) is 24.1. The van der Waals surface area contributed by atoms with Crippen LogP contribution in [0.15, 0.2) is 61.1 Å². The minimum Gasteiger partial charge on any atom is -0.478 e. The number of hydrogen-bond donors (Lipinski definition) is 2. The predicted molar refractivity (Wildman–Crippen MR) is 119 cm³/mol. The second kappa shape index (κ2) is 8.75. The number of benzene rings is 2. The summed E-state index contributed by atoms with van der Waals surface area (Å²) in [6, 6.07) is 13.2. The molecule has 0 aliphatic carbocycles. The maximum atomic E-state index is 11.1. The summed E-state index contributed by atoms with van der Waals surface area (Å²) in [5.74, 6) is 0.348. The van der Waals surface area contributed by atoms with Gasteiger partial charge < -0.3 is 15.2 Å². The Hall–Kier alpha value is -3.42. The van der Waals surface area contributed by atoms with E-state index < -0.39 is 5.97 Å². The second-order valence-electron chi connectivity index (χ2n) is 6.70. The molecular formula is C22H16Cl2N4O3. The molecule has 2 aromatic heterocycles. The Balaban J connectivity index is 1.67. The molecule has 0 aliphatic heterocycles. The fourth-order valence-electron chi connectivity index (χ4n) is 3.02. The van der Waals surface area contributed by atoms with Gasteiger partial charge in [-0.3, -0.25) is 0 Å². The average molecular weight is 455 g/mol. The van der Waals surface area contributed by atoms with Crippen molar-refractivity contribution in [2.24, 2.45) is 0 Å². The van der Waals surface area contributed by atoms with Crippen molar-refractivity contribution >= 4 is 45.9 Å². The molecule has 7 nitrogen and oxygen atoms in total. The van der Waals surface area contributed by atoms with E-state index in [4.69, 9.17) is 33.0 Å². The third kappa shape index (κ3) is 4.52. The van der Waals surface area contributed by atoms with Gasteiger partial charge in [-0.2, -0.15) is 0 Å². The van der Waals surface area contributed by atoms with E-state index in [1.54, 1.807) is 54.7 Å². The largest absolute Gasteiger partial charge is 0.478 e. The Labute approximate surface area is 187 Å². The molecule has 0 fully saturated rings. The van der Waals surface area contributed by atoms with Gasteiger partial charge in [-0.15, -0.1) is 0 Å². The van der Waals surface area contributed by atoms with Crippen LogP contribution in [0.3, 0.4) is 0 Å². The Morgan fingerprint density at radius 1 is 1.03 bits per heavy atom. The Morgan fingerprint density at radius 3 is 2.52 bits per heavy atom. The van der Waals surface area contributed by atoms with Crippen molar-refractivity contribution in [1.82, 2.24) is 15.0 Å². The van der Waals surface area contributed by atoms with Crippen LogP contribution < -0.4 is 10.1 Å². The Morgan fingerprint density at radius 2 is 1.81 bits per heavy atom. The van der Waals surface area contributed by atoms with E-state index in [1.807, 2.05) is 6.92 Å². The fourth-order valence-corrected chi connectivity index (χ4v) is 3.31. The number of nitrogens with zero attached hydrogens (tertiary/aromatic N) is 3. The van der Waals surface area contributed by atoms with Crippen LogP contribution in [0.25, 0.3) is 10.9 Å². The van der Waals surface area contributed by atoms with Crippen molar-refractivity contribution in [2.75, 3.05) is 5.32 Å². The minimum atomic E-state index is -0.968. The quantitative estimate of drug-likeness (QED) is 0.368. The molecule has 0 radical (unpaired) electrons. The summed E-state index contributed by atoms with van der Waals surface area (Å²) in [7, 11) is 0. The van der Waals surface area contributed by atoms with E-state index in [9.17, 15) is 4.79 Å². The third-order valence-electron chi connectivity index (χ3n) is 4.63. The SMILES string of the molecule is C[C@H](Nc1nccc2ncnc(Oc3ccc(Cl)c(Cl)c3)c12)c1ccc(C(=O)O)cc1. The Kier molecular flexibility index (Phi) is 5.88. The van der Waals surface area contributed by atoms with Crippen molar-refractivity contribution in [3.05, 3.63) is 82.2 Å². The highest BCUT2D eigenvalue weighted by Gasteiger charge is 2.16. The van der Waals surface area contributed by atoms with Crippen LogP contribution >= 0.6 is 23.2 Å². The summed E-state index contributed by atoms with van der Waals surface area (Å²) in [6.07, 6.45) is 3.05. The zero-order chi connectivity index (χ0) is 22.0. The van der Waals surface area contributed by atoms with Crippen LogP contribution in [0.2, 0.25) is 10.0 Å². The molecule has 0 aliphatic rings. The lowest BCUT2D eigenvalue weighted by Gasteiger charge is -2.17. The predicted octanol–water partition coefficient (Wildman–Crippen LogP) is 6.00. The molecule has 31 heavy (non-hydrogen) atoms. The van der Waals surface area contributed by atoms with Crippen LogP contribution in [0.1, 0.15) is 28.9 Å². The highest BCUT2D eigenvalue weighted by Crippen LogP contribution is 2.34. The molecule has 2 heterocycles. The number of nitrogens with one attached hydrogen (secondary N) is 1. The molecule has 156 valence electrons. The zero-order valence-electron chi connectivity index (χ0n) is 16.2. The third-order valence-corrected chi connectivity index (χ3v) is 5.37. The number of aromatic nitrogens is 3. The molecule has 0 saturated heterocycles. The van der Waals surface area contributed by atoms with Crippen LogP contribution in [0, 0.1) is 0 Å². The maximum Gasteiger partial charge on any atom is 0.335 e. The van der Waals surface area contributed by atoms with Gasteiger partial charge in [-0.25, -0.2) is 19.7 Å². The number of aromatic carboxylic acids is 1. The van der Waals surface area contributed by atoms with E-state index in [2.05, 4.69) is 20.3 Å². The van der Waals surface area contributed by atoms with E-state index in [0.29, 0.717) is 38.4 Å². The van der Waals surface area contributed by atoms with E-state index in [-0.39, 0.29) is 11.6 Å². The second-order valence-corrected chi connectivity index (χ2v) is 7.52. The summed E-state index contributed by atoms with van der Waals surface area (Å²) in [5.41, 5.74) is 1.77. The summed E-state index contributed by atoms with van der Waals surface area (Å²) >= 11 is 12.1. The number of carboxylic acids is 1. The summed E-state index contributed by atoms with van der Waals surface area (Å²) < 4.78 is 5.96. The molecular weight excluding hydrogens is 439 g/mol. The lowest BCUT2D eigenvalue weighted by atomic mass is 10.1. The van der Waals surface area contributed by atoms with Gasteiger partial charge in [0.25, 0.3) is 0 Å². The van der Waals surface area contributed by atoms with Gasteiger partial charge >= 0.3 is 5.97 Å². The normalized spacial score (nSPS) is 11.8. The van der Waals surface area contributed by atoms with Crippen LogP contribution in [0.4, 0.5) is 5.82 Å². The van der Waals surface area contributed by atoms with E-state index >= 15 is 0 Å². The molecule has 2 N–H and O–H groups in total. The number of halogens is 2. The first-order valence-electron chi connectivity index (χ1n) is 9.25. The summed E-state index contributed by atoms with van der Waals surface area (Å²) in [5, 5.41) is 13.8. The van der Waals surface area contributed by atoms with Gasteiger partial charge in [-0.05, 0) is 42.8 Å². The lowest BCUT2D eigenvalue weighted by Crippen LogP contribution is -2.09. The number of anilines is 1. The molecule has 0 amide bonds. The maximum absolute atomic E-state index is 11.1. The van der Waals surface area contributed by atoms with Crippen molar-refractivity contribution in [3.8, 4) is 11.6 Å². The van der Waals surface area contributed by atoms with Crippen molar-refractivity contribution in [2.45, 2.75) is 13.0 Å². The molecule has 0 unspecified atom stereocenters. The molecule has 4 rings (SSSR count). The van der Waals surface area contributed by atoms with Crippen molar-refractivity contribution < 1.29 is 14.6 Å². The highest BCUT2D eigenvalue weighted by atomic mass is 35.5. The number of hydrogen-bond acceptors (Lipinski definition) is 6. The van der Waals surface area contributed by atoms with Crippen LogP contribution in [0.5, 0.6) is 11.6 Å². The van der Waals surface area contributed by atoms with Gasteiger partial charge in [-0.1, -0.05) is 35.3 Å². The van der Waals surface area contributed by atoms with Gasteiger partial charge in [0.15, 0.2) is 0 Å². The number of ether oxygens (including phenoxy) is 1. The minimum absolute atomic E-state index is 0.168. The lowest BCUT2D eigenvalue weighted by molar-refractivity contribution is 0.0697. The van der Waals surface area contributed by atoms with Crippen molar-refractivity contribution in [1.29, 1.82) is 0 Å². The molecule has 0 bridgehead atoms. The Bertz CT molecular complexity index is 1260. The van der Waals surface area contributed by atoms with Gasteiger partial charge in [0.05, 0.1) is 21.1 Å². The summed E-state index contributed by atoms with van der Waals surface area (Å²) in [6.45, 7) is 1.94. The highest BCUT2D eigenvalue weighted by molar-refractivity contribution is 6.42. The van der Waals surface area contributed by atoms with Crippen molar-refractivity contribution in [3.63, 3.8) is 0 Å². The zero-order valence-corrected chi connectivity index (χ0v) is 17.7. The smallest absolute Gasteiger partial charge is 0.335 e. The first-order valence-corrected chi connectivity index (χ1v) is 10.0. The fraction of sp³-hybridized carbons (Fsp3) is 0.0909. The molecule has 0 spiro atoms. The number of rotatable bonds is 6. The van der Waals surface area contributed by atoms with Crippen LogP contribution in [-0.2, 0) is 0 Å². The van der Waals surface area contributed by atoms with Gasteiger partial charge in [0.2, 0.25) is 5.88 Å². The molecule has 1 atom stereocenters. The molecule has 0 saturated carbocycles. The van der Waals surface area contributed by atoms with Gasteiger partial charge in [0.1, 0.15) is 23.3 Å². The molecule has 4 aromatic rings. The topological polar surface area (TPSA) is 97.2 Å². The first kappa shape index (κ1) is 20.8. The standard InChI is InChI=1S/C22H16Cl2N4O3/c1-12(13-2-4-14(5-3-13)22(29)30)28-20-19-18(8-9-25-20)26-11-27-21(19)31-15-6-7-16(23)17(24)10-15/h2-12H,1H3,(H,25,28)(H,29,30)/t12-/m0/s1. The number of carboxylic acid groups (broad SMARTS) is 1. The number of carbonyl (C=O) groups is 1. The average Bonchev–Trinajstić information content (AvgIpc) is 2.76. The van der Waals surface area contributed by atoms with E-state index in [1.165, 1.54) is 6.33 Å². The monoisotopic (exact) mass is 454 g/mol. The molecule has 9 heteroatoms. The van der Waals surface area contributed by atoms with Gasteiger partial charge in [0, 0.05) is 18.3 Å². The van der Waals surface area contributed by atoms with E-state index in [0.717, 1.165) is 5.56 Å². The number of pyridine rings is 1. The number of fused-ring (bicyclic) bond motifs is 1. The first-order chi connectivity index (χ1) is 14.9. The van der Waals surface area contributed by atoms with Crippen LogP contribution in [-0.4, -0.2) is 26.0 Å². The molecule has 2 aromatic carbocycles.